The number of nitrogens with zero attached hydrogens (tertiary/aromatic N) is 1. The summed E-state index contributed by atoms with van der Waals surface area (Å²) in [5, 5.41) is 14.1. The zero-order valence-electron chi connectivity index (χ0n) is 16.8. The van der Waals surface area contributed by atoms with Crippen LogP contribution >= 0.6 is 15.9 Å². The van der Waals surface area contributed by atoms with Crippen molar-refractivity contribution < 1.29 is 19.3 Å². The normalized spacial score (nSPS) is 19.7. The van der Waals surface area contributed by atoms with E-state index in [4.69, 9.17) is 19.2 Å². The average Bonchev–Trinajstić information content (AvgIpc) is 3.28. The number of halogens is 1. The maximum atomic E-state index is 10.6. The molecular formula is C24H21BrN2O4. The standard InChI is InChI=1S/C24H21BrN2O4/c1-29-21-5-3-2-4-16(21)24-26-18(14-6-9-22-23(10-14)31-13-30-22)12-19(27-24)17-11-15(25)7-8-20(17)28/h2-11,19,24,27-28H,12-13H2,1H3. The first-order chi connectivity index (χ1) is 15.1. The second kappa shape index (κ2) is 8.24. The third-order valence-corrected chi connectivity index (χ3v) is 6.04. The molecule has 0 saturated heterocycles. The molecule has 6 nitrogen and oxygen atoms in total. The zero-order valence-corrected chi connectivity index (χ0v) is 18.4. The van der Waals surface area contributed by atoms with Crippen LogP contribution in [0, 0.1) is 0 Å². The van der Waals surface area contributed by atoms with Crippen molar-refractivity contribution in [2.75, 3.05) is 13.9 Å². The Bertz CT molecular complexity index is 1160. The van der Waals surface area contributed by atoms with Crippen LogP contribution in [0.3, 0.4) is 0 Å². The van der Waals surface area contributed by atoms with Gasteiger partial charge < -0.3 is 19.3 Å². The number of methoxy groups -OCH3 is 1. The van der Waals surface area contributed by atoms with Gasteiger partial charge in [0.15, 0.2) is 11.5 Å². The van der Waals surface area contributed by atoms with Crippen molar-refractivity contribution in [1.29, 1.82) is 0 Å². The topological polar surface area (TPSA) is 72.3 Å². The van der Waals surface area contributed by atoms with Gasteiger partial charge in [-0.25, -0.2) is 0 Å². The Morgan fingerprint density at radius 2 is 1.87 bits per heavy atom. The van der Waals surface area contributed by atoms with Crippen LogP contribution < -0.4 is 19.5 Å². The minimum atomic E-state index is -0.339. The molecule has 31 heavy (non-hydrogen) atoms. The summed E-state index contributed by atoms with van der Waals surface area (Å²) in [6, 6.07) is 19.0. The molecule has 0 amide bonds. The lowest BCUT2D eigenvalue weighted by atomic mass is 9.93. The van der Waals surface area contributed by atoms with Crippen LogP contribution in [0.4, 0.5) is 0 Å². The van der Waals surface area contributed by atoms with Gasteiger partial charge in [-0.05, 0) is 48.0 Å². The number of para-hydroxylation sites is 1. The molecule has 0 aliphatic carbocycles. The Hall–Kier alpha value is -3.03. The number of fused-ring (bicyclic) bond motifs is 1. The summed E-state index contributed by atoms with van der Waals surface area (Å²) in [5.74, 6) is 2.45. The van der Waals surface area contributed by atoms with Gasteiger partial charge in [0.05, 0.1) is 7.11 Å². The Morgan fingerprint density at radius 1 is 1.03 bits per heavy atom. The van der Waals surface area contributed by atoms with Gasteiger partial charge in [0, 0.05) is 33.8 Å². The lowest BCUT2D eigenvalue weighted by Crippen LogP contribution is -2.33. The highest BCUT2D eigenvalue weighted by Gasteiger charge is 2.30. The van der Waals surface area contributed by atoms with Crippen molar-refractivity contribution in [3.05, 3.63) is 81.8 Å². The highest BCUT2D eigenvalue weighted by molar-refractivity contribution is 9.10. The predicted octanol–water partition coefficient (Wildman–Crippen LogP) is 5.11. The number of phenols is 1. The van der Waals surface area contributed by atoms with Crippen LogP contribution in [0.1, 0.15) is 35.3 Å². The van der Waals surface area contributed by atoms with Crippen molar-refractivity contribution in [3.8, 4) is 23.0 Å². The molecule has 5 rings (SSSR count). The predicted molar refractivity (Wildman–Crippen MR) is 121 cm³/mol. The average molecular weight is 481 g/mol. The summed E-state index contributed by atoms with van der Waals surface area (Å²) >= 11 is 3.52. The van der Waals surface area contributed by atoms with E-state index in [1.165, 1.54) is 0 Å². The van der Waals surface area contributed by atoms with E-state index in [1.807, 2.05) is 54.6 Å². The molecule has 0 aromatic heterocycles. The number of hydrogen-bond acceptors (Lipinski definition) is 6. The number of aromatic hydroxyl groups is 1. The minimum absolute atomic E-state index is 0.148. The van der Waals surface area contributed by atoms with Gasteiger partial charge in [-0.15, -0.1) is 0 Å². The molecule has 2 aliphatic heterocycles. The van der Waals surface area contributed by atoms with E-state index in [-0.39, 0.29) is 24.8 Å². The highest BCUT2D eigenvalue weighted by Crippen LogP contribution is 2.39. The second-order valence-electron chi connectivity index (χ2n) is 7.41. The quantitative estimate of drug-likeness (QED) is 0.542. The number of ether oxygens (including phenoxy) is 3. The van der Waals surface area contributed by atoms with E-state index >= 15 is 0 Å². The van der Waals surface area contributed by atoms with Crippen molar-refractivity contribution in [2.24, 2.45) is 4.99 Å². The van der Waals surface area contributed by atoms with Gasteiger partial charge >= 0.3 is 0 Å². The van der Waals surface area contributed by atoms with Gasteiger partial charge in [0.2, 0.25) is 6.79 Å². The van der Waals surface area contributed by atoms with Gasteiger partial charge in [-0.1, -0.05) is 34.1 Å². The number of aliphatic imine (C=N–C) groups is 1. The van der Waals surface area contributed by atoms with Crippen LogP contribution in [0.2, 0.25) is 0 Å². The Kier molecular flexibility index (Phi) is 5.29. The van der Waals surface area contributed by atoms with Gasteiger partial charge in [-0.2, -0.15) is 0 Å². The van der Waals surface area contributed by atoms with Crippen LogP contribution in [0.15, 0.2) is 70.1 Å². The van der Waals surface area contributed by atoms with E-state index in [1.54, 1.807) is 13.2 Å². The number of benzene rings is 3. The van der Waals surface area contributed by atoms with Crippen LogP contribution in [0.5, 0.6) is 23.0 Å². The molecular weight excluding hydrogens is 460 g/mol. The first-order valence-electron chi connectivity index (χ1n) is 9.96. The summed E-state index contributed by atoms with van der Waals surface area (Å²) in [4.78, 5) is 5.02. The van der Waals surface area contributed by atoms with Crippen LogP contribution in [0.25, 0.3) is 0 Å². The molecule has 3 aromatic rings. The molecule has 0 saturated carbocycles. The fourth-order valence-corrected chi connectivity index (χ4v) is 4.39. The summed E-state index contributed by atoms with van der Waals surface area (Å²) < 4.78 is 17.5. The summed E-state index contributed by atoms with van der Waals surface area (Å²) in [5.41, 5.74) is 3.62. The first kappa shape index (κ1) is 19.9. The van der Waals surface area contributed by atoms with Gasteiger partial charge in [-0.3, -0.25) is 10.3 Å². The van der Waals surface area contributed by atoms with E-state index < -0.39 is 0 Å². The minimum Gasteiger partial charge on any atom is -0.508 e. The zero-order chi connectivity index (χ0) is 21.4. The fraction of sp³-hybridized carbons (Fsp3) is 0.208. The SMILES string of the molecule is COc1ccccc1C1N=C(c2ccc3c(c2)OCO3)CC(c2cc(Br)ccc2O)N1. The lowest BCUT2D eigenvalue weighted by Gasteiger charge is -2.31. The molecule has 2 atom stereocenters. The molecule has 7 heteroatoms. The molecule has 2 unspecified atom stereocenters. The molecule has 2 heterocycles. The Morgan fingerprint density at radius 3 is 2.74 bits per heavy atom. The molecule has 3 aromatic carbocycles. The molecule has 0 fully saturated rings. The third-order valence-electron chi connectivity index (χ3n) is 5.55. The molecule has 158 valence electrons. The van der Waals surface area contributed by atoms with E-state index in [0.29, 0.717) is 6.42 Å². The number of phenolic OH excluding ortho intramolecular Hbond substituents is 1. The third kappa shape index (κ3) is 3.86. The number of nitrogens with one attached hydrogen (secondary N) is 1. The van der Waals surface area contributed by atoms with E-state index in [2.05, 4.69) is 21.2 Å². The maximum Gasteiger partial charge on any atom is 0.231 e. The Labute approximate surface area is 188 Å². The molecule has 0 radical (unpaired) electrons. The molecule has 0 spiro atoms. The number of hydrogen-bond donors (Lipinski definition) is 2. The highest BCUT2D eigenvalue weighted by atomic mass is 79.9. The van der Waals surface area contributed by atoms with Crippen molar-refractivity contribution in [1.82, 2.24) is 5.32 Å². The Balaban J connectivity index is 1.59. The molecule has 2 N–H and O–H groups in total. The largest absolute Gasteiger partial charge is 0.508 e. The van der Waals surface area contributed by atoms with Crippen LogP contribution in [-0.2, 0) is 0 Å². The van der Waals surface area contributed by atoms with Crippen LogP contribution in [-0.4, -0.2) is 24.7 Å². The van der Waals surface area contributed by atoms with Crippen molar-refractivity contribution in [2.45, 2.75) is 18.6 Å². The summed E-state index contributed by atoms with van der Waals surface area (Å²) in [6.07, 6.45) is 0.267. The van der Waals surface area contributed by atoms with Gasteiger partial charge in [0.1, 0.15) is 17.7 Å². The lowest BCUT2D eigenvalue weighted by molar-refractivity contribution is 0.174. The van der Waals surface area contributed by atoms with E-state index in [0.717, 1.165) is 44.1 Å². The fourth-order valence-electron chi connectivity index (χ4n) is 4.01. The summed E-state index contributed by atoms with van der Waals surface area (Å²) in [6.45, 7) is 0.227. The summed E-state index contributed by atoms with van der Waals surface area (Å²) in [7, 11) is 1.65. The van der Waals surface area contributed by atoms with E-state index in [9.17, 15) is 5.11 Å². The maximum absolute atomic E-state index is 10.6. The number of rotatable bonds is 4. The van der Waals surface area contributed by atoms with Crippen molar-refractivity contribution in [3.63, 3.8) is 0 Å². The molecule has 0 bridgehead atoms. The van der Waals surface area contributed by atoms with Crippen molar-refractivity contribution >= 4 is 21.6 Å². The second-order valence-corrected chi connectivity index (χ2v) is 8.33. The first-order valence-corrected chi connectivity index (χ1v) is 10.8. The van der Waals surface area contributed by atoms with Gasteiger partial charge in [0.25, 0.3) is 0 Å². The smallest absolute Gasteiger partial charge is 0.231 e. The monoisotopic (exact) mass is 480 g/mol. The molecule has 2 aliphatic rings.